The first-order valence-electron chi connectivity index (χ1n) is 11.0. The Bertz CT molecular complexity index is 1450. The van der Waals surface area contributed by atoms with E-state index in [1.54, 1.807) is 57.4 Å². The van der Waals surface area contributed by atoms with E-state index in [9.17, 15) is 4.79 Å². The predicted molar refractivity (Wildman–Crippen MR) is 125 cm³/mol. The van der Waals surface area contributed by atoms with Gasteiger partial charge in [0, 0.05) is 18.0 Å². The molecule has 35 heavy (non-hydrogen) atoms. The highest BCUT2D eigenvalue weighted by molar-refractivity contribution is 5.93. The predicted octanol–water partition coefficient (Wildman–Crippen LogP) is 3.56. The monoisotopic (exact) mass is 473 g/mol. The van der Waals surface area contributed by atoms with Gasteiger partial charge in [-0.15, -0.1) is 5.10 Å². The lowest BCUT2D eigenvalue weighted by Gasteiger charge is -2.28. The van der Waals surface area contributed by atoms with Crippen LogP contribution in [-0.4, -0.2) is 51.4 Å². The third-order valence-corrected chi connectivity index (χ3v) is 5.77. The second-order valence-corrected chi connectivity index (χ2v) is 7.74. The number of benzene rings is 1. The molecule has 1 unspecified atom stereocenters. The molecule has 0 bridgehead atoms. The van der Waals surface area contributed by atoms with Crippen molar-refractivity contribution in [2.45, 2.75) is 19.8 Å². The molecule has 1 atom stereocenters. The lowest BCUT2D eigenvalue weighted by molar-refractivity contribution is -0.139. The fourth-order valence-electron chi connectivity index (χ4n) is 4.20. The number of carbonyl (C=O) groups excluding carboxylic acids is 1. The normalized spacial score (nSPS) is 14.9. The van der Waals surface area contributed by atoms with Gasteiger partial charge in [-0.05, 0) is 43.7 Å². The maximum atomic E-state index is 13.2. The maximum absolute atomic E-state index is 13.2. The van der Waals surface area contributed by atoms with Gasteiger partial charge < -0.3 is 18.9 Å². The van der Waals surface area contributed by atoms with Crippen molar-refractivity contribution < 1.29 is 23.7 Å². The minimum Gasteiger partial charge on any atom is -0.493 e. The smallest absolute Gasteiger partial charge is 0.338 e. The number of hydrogen-bond donors (Lipinski definition) is 0. The zero-order valence-electron chi connectivity index (χ0n) is 19.7. The Morgan fingerprint density at radius 2 is 1.89 bits per heavy atom. The first kappa shape index (κ1) is 22.3. The van der Waals surface area contributed by atoms with E-state index >= 15 is 0 Å². The molecule has 0 saturated carbocycles. The summed E-state index contributed by atoms with van der Waals surface area (Å²) >= 11 is 0. The lowest BCUT2D eigenvalue weighted by Crippen LogP contribution is -2.24. The van der Waals surface area contributed by atoms with Crippen LogP contribution >= 0.6 is 0 Å². The molecule has 3 aromatic heterocycles. The van der Waals surface area contributed by atoms with Gasteiger partial charge in [0.25, 0.3) is 0 Å². The Morgan fingerprint density at radius 3 is 2.60 bits per heavy atom. The van der Waals surface area contributed by atoms with Crippen LogP contribution in [0.1, 0.15) is 30.9 Å². The molecule has 0 N–H and O–H groups in total. The largest absolute Gasteiger partial charge is 0.493 e. The summed E-state index contributed by atoms with van der Waals surface area (Å²) in [5.41, 5.74) is 3.03. The molecule has 5 rings (SSSR count). The van der Waals surface area contributed by atoms with Gasteiger partial charge in [0.2, 0.25) is 5.88 Å². The molecule has 178 valence electrons. The second-order valence-electron chi connectivity index (χ2n) is 7.74. The molecular weight excluding hydrogens is 450 g/mol. The highest BCUT2D eigenvalue weighted by atomic mass is 16.5. The number of fused-ring (bicyclic) bond motifs is 3. The van der Waals surface area contributed by atoms with E-state index in [0.29, 0.717) is 45.7 Å². The Morgan fingerprint density at radius 1 is 1.11 bits per heavy atom. The van der Waals surface area contributed by atoms with Gasteiger partial charge in [-0.25, -0.2) is 19.3 Å². The van der Waals surface area contributed by atoms with Gasteiger partial charge in [-0.3, -0.25) is 4.98 Å². The molecule has 10 nitrogen and oxygen atoms in total. The summed E-state index contributed by atoms with van der Waals surface area (Å²) in [5, 5.41) is 4.59. The number of esters is 1. The van der Waals surface area contributed by atoms with Crippen LogP contribution in [0, 0.1) is 0 Å². The van der Waals surface area contributed by atoms with E-state index in [1.807, 2.05) is 24.3 Å². The first-order chi connectivity index (χ1) is 17.0. The van der Waals surface area contributed by atoms with Gasteiger partial charge in [0.15, 0.2) is 23.0 Å². The number of methoxy groups -OCH3 is 2. The van der Waals surface area contributed by atoms with Crippen molar-refractivity contribution in [3.8, 4) is 28.8 Å². The van der Waals surface area contributed by atoms with Crippen LogP contribution in [0.2, 0.25) is 0 Å². The number of ether oxygens (including phenoxy) is 4. The minimum absolute atomic E-state index is 0.223. The van der Waals surface area contributed by atoms with Crippen molar-refractivity contribution in [1.29, 1.82) is 0 Å². The van der Waals surface area contributed by atoms with Crippen LogP contribution in [0.3, 0.4) is 0 Å². The van der Waals surface area contributed by atoms with Crippen molar-refractivity contribution in [2.24, 2.45) is 0 Å². The summed E-state index contributed by atoms with van der Waals surface area (Å²) in [4.78, 5) is 26.5. The number of allylic oxidation sites excluding steroid dienone is 1. The Hall–Kier alpha value is -4.47. The van der Waals surface area contributed by atoms with E-state index < -0.39 is 11.9 Å². The highest BCUT2D eigenvalue weighted by Crippen LogP contribution is 2.46. The summed E-state index contributed by atoms with van der Waals surface area (Å²) in [5.74, 6) is 1.27. The quantitative estimate of drug-likeness (QED) is 0.388. The number of aromatic nitrogens is 5. The molecule has 1 aliphatic rings. The average Bonchev–Trinajstić information content (AvgIpc) is 3.32. The highest BCUT2D eigenvalue weighted by Gasteiger charge is 2.38. The molecule has 0 fully saturated rings. The topological polar surface area (TPSA) is 110 Å². The first-order valence-corrected chi connectivity index (χ1v) is 11.0. The van der Waals surface area contributed by atoms with Gasteiger partial charge in [0.05, 0.1) is 37.9 Å². The number of pyridine rings is 1. The molecule has 4 heterocycles. The van der Waals surface area contributed by atoms with E-state index in [-0.39, 0.29) is 6.61 Å². The van der Waals surface area contributed by atoms with Crippen LogP contribution in [0.25, 0.3) is 17.0 Å². The third-order valence-electron chi connectivity index (χ3n) is 5.77. The van der Waals surface area contributed by atoms with Crippen molar-refractivity contribution >= 4 is 11.6 Å². The van der Waals surface area contributed by atoms with Crippen molar-refractivity contribution in [2.75, 3.05) is 20.8 Å². The zero-order valence-corrected chi connectivity index (χ0v) is 19.7. The molecule has 1 aliphatic heterocycles. The van der Waals surface area contributed by atoms with E-state index in [4.69, 9.17) is 23.9 Å². The number of nitrogens with zero attached hydrogens (tertiary/aromatic N) is 5. The van der Waals surface area contributed by atoms with Crippen LogP contribution in [-0.2, 0) is 9.53 Å². The molecule has 4 aromatic rings. The van der Waals surface area contributed by atoms with Gasteiger partial charge in [0.1, 0.15) is 12.1 Å². The van der Waals surface area contributed by atoms with Gasteiger partial charge >= 0.3 is 5.97 Å². The SMILES string of the molecule is CCOC(=O)C1=C(C)Oc2ncn3nc(-c4ccncc4)nc3c2C1c1ccc(OC)c(OC)c1. The average molecular weight is 473 g/mol. The fourth-order valence-corrected chi connectivity index (χ4v) is 4.20. The minimum atomic E-state index is -0.594. The molecule has 0 radical (unpaired) electrons. The molecule has 0 saturated heterocycles. The summed E-state index contributed by atoms with van der Waals surface area (Å²) in [6, 6.07) is 9.14. The molecule has 10 heteroatoms. The van der Waals surface area contributed by atoms with Crippen molar-refractivity contribution in [1.82, 2.24) is 24.6 Å². The zero-order chi connectivity index (χ0) is 24.5. The Kier molecular flexibility index (Phi) is 5.77. The lowest BCUT2D eigenvalue weighted by atomic mass is 9.83. The fraction of sp³-hybridized carbons (Fsp3) is 0.240. The van der Waals surface area contributed by atoms with Crippen LogP contribution in [0.4, 0.5) is 0 Å². The van der Waals surface area contributed by atoms with Gasteiger partial charge in [-0.1, -0.05) is 6.07 Å². The van der Waals surface area contributed by atoms with Crippen LogP contribution in [0.15, 0.2) is 60.4 Å². The van der Waals surface area contributed by atoms with Crippen molar-refractivity contribution in [3.63, 3.8) is 0 Å². The van der Waals surface area contributed by atoms with Crippen LogP contribution < -0.4 is 14.2 Å². The second kappa shape index (κ2) is 9.05. The molecule has 0 aliphatic carbocycles. The Labute approximate surface area is 201 Å². The van der Waals surface area contributed by atoms with E-state index in [0.717, 1.165) is 11.1 Å². The summed E-state index contributed by atoms with van der Waals surface area (Å²) in [6.45, 7) is 3.71. The van der Waals surface area contributed by atoms with Gasteiger partial charge in [-0.2, -0.15) is 0 Å². The molecule has 0 amide bonds. The summed E-state index contributed by atoms with van der Waals surface area (Å²) < 4.78 is 23.9. The number of hydrogen-bond acceptors (Lipinski definition) is 9. The molecular formula is C25H23N5O5. The van der Waals surface area contributed by atoms with Crippen molar-refractivity contribution in [3.05, 3.63) is 71.5 Å². The van der Waals surface area contributed by atoms with E-state index in [2.05, 4.69) is 15.1 Å². The summed E-state index contributed by atoms with van der Waals surface area (Å²) in [6.07, 6.45) is 4.89. The summed E-state index contributed by atoms with van der Waals surface area (Å²) in [7, 11) is 3.13. The molecule has 1 aromatic carbocycles. The molecule has 0 spiro atoms. The van der Waals surface area contributed by atoms with E-state index in [1.165, 1.54) is 0 Å². The third kappa shape index (κ3) is 3.82. The van der Waals surface area contributed by atoms with Crippen LogP contribution in [0.5, 0.6) is 17.4 Å². The number of rotatable bonds is 6. The Balaban J connectivity index is 1.77. The standard InChI is InChI=1S/C25H23N5O5/c1-5-34-25(31)19-14(2)35-24-21(20(19)16-6-7-17(32-3)18(12-16)33-4)23-28-22(29-30(23)13-27-24)15-8-10-26-11-9-15/h6-13,20H,5H2,1-4H3. The maximum Gasteiger partial charge on any atom is 0.338 e. The number of carbonyl (C=O) groups is 1.